The predicted molar refractivity (Wildman–Crippen MR) is 83.1 cm³/mol. The topological polar surface area (TPSA) is 90.1 Å². The Balaban J connectivity index is 2.32. The molecule has 0 aliphatic carbocycles. The Labute approximate surface area is 140 Å². The molecule has 2 aromatic rings. The number of aryl methyl sites for hydroxylation is 1. The number of halogens is 3. The summed E-state index contributed by atoms with van der Waals surface area (Å²) in [5.74, 6) is -0.766. The van der Waals surface area contributed by atoms with E-state index < -0.39 is 28.6 Å². The molecule has 0 bridgehead atoms. The molecule has 7 nitrogen and oxygen atoms in total. The average Bonchev–Trinajstić information content (AvgIpc) is 2.80. The third-order valence-electron chi connectivity index (χ3n) is 3.71. The highest BCUT2D eigenvalue weighted by Crippen LogP contribution is 2.35. The number of nitrogens with one attached hydrogen (secondary N) is 1. The van der Waals surface area contributed by atoms with Crippen LogP contribution in [0.2, 0.25) is 0 Å². The fourth-order valence-corrected chi connectivity index (χ4v) is 2.48. The second kappa shape index (κ2) is 6.54. The highest BCUT2D eigenvalue weighted by atomic mass is 19.4. The second-order valence-electron chi connectivity index (χ2n) is 5.43. The van der Waals surface area contributed by atoms with E-state index in [0.29, 0.717) is 0 Å². The summed E-state index contributed by atoms with van der Waals surface area (Å²) in [5, 5.41) is 17.2. The fourth-order valence-electron chi connectivity index (χ4n) is 2.48. The van der Waals surface area contributed by atoms with Crippen molar-refractivity contribution >= 4 is 17.3 Å². The van der Waals surface area contributed by atoms with Crippen molar-refractivity contribution in [3.63, 3.8) is 0 Å². The molecule has 0 saturated heterocycles. The van der Waals surface area contributed by atoms with Crippen LogP contribution in [0.4, 0.5) is 24.5 Å². The summed E-state index contributed by atoms with van der Waals surface area (Å²) in [4.78, 5) is 22.7. The fraction of sp³-hybridized carbons (Fsp3) is 0.333. The van der Waals surface area contributed by atoms with Gasteiger partial charge >= 0.3 is 11.9 Å². The zero-order valence-corrected chi connectivity index (χ0v) is 13.6. The Bertz CT molecular complexity index is 830. The molecule has 0 saturated carbocycles. The number of hydrogen-bond donors (Lipinski definition) is 1. The van der Waals surface area contributed by atoms with Gasteiger partial charge in [-0.2, -0.15) is 18.3 Å². The number of nitrogens with zero attached hydrogens (tertiary/aromatic N) is 3. The summed E-state index contributed by atoms with van der Waals surface area (Å²) < 4.78 is 40.1. The van der Waals surface area contributed by atoms with E-state index in [1.807, 2.05) is 0 Å². The van der Waals surface area contributed by atoms with Crippen LogP contribution in [0.25, 0.3) is 0 Å². The molecule has 1 aromatic heterocycles. The third kappa shape index (κ3) is 3.62. The second-order valence-corrected chi connectivity index (χ2v) is 5.43. The minimum atomic E-state index is -4.62. The number of carbonyl (C=O) groups is 1. The molecule has 1 heterocycles. The lowest BCUT2D eigenvalue weighted by Gasteiger charge is -2.17. The first-order valence-corrected chi connectivity index (χ1v) is 7.21. The molecular formula is C15H15F3N4O3. The average molecular weight is 356 g/mol. The van der Waals surface area contributed by atoms with E-state index in [1.165, 1.54) is 32.9 Å². The molecule has 2 rings (SSSR count). The molecule has 134 valence electrons. The molecule has 0 aliphatic heterocycles. The SMILES string of the molecule is Cc1nn(C(C)C(=O)Nc2ccccc2C(F)(F)F)c(C)c1[N+](=O)[O-]. The maximum Gasteiger partial charge on any atom is 0.418 e. The van der Waals surface area contributed by atoms with Crippen molar-refractivity contribution < 1.29 is 22.9 Å². The summed E-state index contributed by atoms with van der Waals surface area (Å²) in [6.45, 7) is 4.24. The van der Waals surface area contributed by atoms with Crippen LogP contribution in [0.15, 0.2) is 24.3 Å². The molecule has 25 heavy (non-hydrogen) atoms. The first-order chi connectivity index (χ1) is 11.5. The van der Waals surface area contributed by atoms with Gasteiger partial charge in [0.15, 0.2) is 0 Å². The van der Waals surface area contributed by atoms with Crippen molar-refractivity contribution in [1.82, 2.24) is 9.78 Å². The molecule has 1 aromatic carbocycles. The van der Waals surface area contributed by atoms with Gasteiger partial charge in [0.05, 0.1) is 16.2 Å². The molecule has 0 aliphatic rings. The van der Waals surface area contributed by atoms with Crippen molar-refractivity contribution in [3.05, 3.63) is 51.3 Å². The number of para-hydroxylation sites is 1. The monoisotopic (exact) mass is 356 g/mol. The van der Waals surface area contributed by atoms with Gasteiger partial charge in [-0.15, -0.1) is 0 Å². The Hall–Kier alpha value is -2.91. The van der Waals surface area contributed by atoms with Crippen LogP contribution in [-0.4, -0.2) is 20.6 Å². The number of hydrogen-bond acceptors (Lipinski definition) is 4. The van der Waals surface area contributed by atoms with Crippen LogP contribution in [0.1, 0.15) is 29.9 Å². The van der Waals surface area contributed by atoms with Crippen LogP contribution in [-0.2, 0) is 11.0 Å². The third-order valence-corrected chi connectivity index (χ3v) is 3.71. The molecule has 1 unspecified atom stereocenters. The number of rotatable bonds is 4. The number of anilines is 1. The number of benzene rings is 1. The van der Waals surface area contributed by atoms with E-state index in [0.717, 1.165) is 16.8 Å². The quantitative estimate of drug-likeness (QED) is 0.669. The lowest BCUT2D eigenvalue weighted by atomic mass is 10.1. The van der Waals surface area contributed by atoms with Crippen molar-refractivity contribution in [3.8, 4) is 0 Å². The number of alkyl halides is 3. The van der Waals surface area contributed by atoms with Gasteiger partial charge in [0.25, 0.3) is 0 Å². The van der Waals surface area contributed by atoms with E-state index in [2.05, 4.69) is 10.4 Å². The van der Waals surface area contributed by atoms with Gasteiger partial charge in [0, 0.05) is 0 Å². The zero-order valence-electron chi connectivity index (χ0n) is 13.6. The first-order valence-electron chi connectivity index (χ1n) is 7.21. The molecule has 0 spiro atoms. The summed E-state index contributed by atoms with van der Waals surface area (Å²) in [6, 6.07) is 3.54. The van der Waals surface area contributed by atoms with Gasteiger partial charge in [-0.25, -0.2) is 0 Å². The summed E-state index contributed by atoms with van der Waals surface area (Å²) >= 11 is 0. The molecule has 0 radical (unpaired) electrons. The number of amides is 1. The van der Waals surface area contributed by atoms with Gasteiger partial charge in [-0.05, 0) is 32.9 Å². The van der Waals surface area contributed by atoms with Crippen LogP contribution < -0.4 is 5.32 Å². The number of nitro groups is 1. The number of aromatic nitrogens is 2. The summed E-state index contributed by atoms with van der Waals surface area (Å²) in [7, 11) is 0. The number of carbonyl (C=O) groups excluding carboxylic acids is 1. The Morgan fingerprint density at radius 1 is 1.32 bits per heavy atom. The summed E-state index contributed by atoms with van der Waals surface area (Å²) in [5.41, 5.74) is -1.32. The Morgan fingerprint density at radius 3 is 2.44 bits per heavy atom. The maximum atomic E-state index is 13.0. The summed E-state index contributed by atoms with van der Waals surface area (Å²) in [6.07, 6.45) is -4.62. The first kappa shape index (κ1) is 18.4. The maximum absolute atomic E-state index is 13.0. The lowest BCUT2D eigenvalue weighted by molar-refractivity contribution is -0.386. The molecular weight excluding hydrogens is 341 g/mol. The van der Waals surface area contributed by atoms with E-state index in [4.69, 9.17) is 0 Å². The predicted octanol–water partition coefficient (Wildman–Crippen LogP) is 3.63. The van der Waals surface area contributed by atoms with Crippen LogP contribution in [0.5, 0.6) is 0 Å². The van der Waals surface area contributed by atoms with E-state index in [-0.39, 0.29) is 22.8 Å². The van der Waals surface area contributed by atoms with Crippen molar-refractivity contribution in [2.75, 3.05) is 5.32 Å². The van der Waals surface area contributed by atoms with E-state index in [9.17, 15) is 28.1 Å². The highest BCUT2D eigenvalue weighted by Gasteiger charge is 2.34. The van der Waals surface area contributed by atoms with Gasteiger partial charge in [0.1, 0.15) is 17.4 Å². The van der Waals surface area contributed by atoms with Crippen LogP contribution in [0.3, 0.4) is 0 Å². The highest BCUT2D eigenvalue weighted by molar-refractivity contribution is 5.94. The van der Waals surface area contributed by atoms with Gasteiger partial charge in [0.2, 0.25) is 5.91 Å². The van der Waals surface area contributed by atoms with Crippen molar-refractivity contribution in [2.45, 2.75) is 33.0 Å². The Morgan fingerprint density at radius 2 is 1.92 bits per heavy atom. The van der Waals surface area contributed by atoms with Crippen LogP contribution in [0, 0.1) is 24.0 Å². The molecule has 10 heteroatoms. The Kier molecular flexibility index (Phi) is 4.82. The lowest BCUT2D eigenvalue weighted by Crippen LogP contribution is -2.26. The minimum Gasteiger partial charge on any atom is -0.324 e. The molecule has 1 amide bonds. The van der Waals surface area contributed by atoms with Crippen molar-refractivity contribution in [1.29, 1.82) is 0 Å². The largest absolute Gasteiger partial charge is 0.418 e. The van der Waals surface area contributed by atoms with Gasteiger partial charge in [-0.1, -0.05) is 12.1 Å². The van der Waals surface area contributed by atoms with E-state index in [1.54, 1.807) is 0 Å². The standard InChI is InChI=1S/C15H15F3N4O3/c1-8-13(22(24)25)9(2)21(20-8)10(3)14(23)19-12-7-5-4-6-11(12)15(16,17)18/h4-7,10H,1-3H3,(H,19,23). The smallest absolute Gasteiger partial charge is 0.324 e. The molecule has 1 N–H and O–H groups in total. The van der Waals surface area contributed by atoms with Crippen LogP contribution >= 0.6 is 0 Å². The molecule has 1 atom stereocenters. The minimum absolute atomic E-state index is 0.123. The zero-order chi connectivity index (χ0) is 18.9. The van der Waals surface area contributed by atoms with Gasteiger partial charge < -0.3 is 5.32 Å². The van der Waals surface area contributed by atoms with E-state index >= 15 is 0 Å². The van der Waals surface area contributed by atoms with Crippen molar-refractivity contribution in [2.24, 2.45) is 0 Å². The molecule has 0 fully saturated rings. The van der Waals surface area contributed by atoms with Gasteiger partial charge in [-0.3, -0.25) is 19.6 Å². The normalized spacial score (nSPS) is 12.7.